The van der Waals surface area contributed by atoms with Crippen LogP contribution in [0.5, 0.6) is 0 Å². The average molecular weight is 504 g/mol. The van der Waals surface area contributed by atoms with Crippen LogP contribution in [0.15, 0.2) is 30.3 Å². The number of carbonyl (C=O) groups is 1. The van der Waals surface area contributed by atoms with Gasteiger partial charge in [0.05, 0.1) is 0 Å². The van der Waals surface area contributed by atoms with Gasteiger partial charge in [-0.25, -0.2) is 0 Å². The average Bonchev–Trinajstić information content (AvgIpc) is 2.72. The minimum absolute atomic E-state index is 0.215. The number of piperidine rings is 1. The fourth-order valence-corrected chi connectivity index (χ4v) is 4.98. The molecule has 1 aromatic rings. The first-order chi connectivity index (χ1) is 14.7. The van der Waals surface area contributed by atoms with Crippen molar-refractivity contribution in [3.8, 4) is 0 Å². The lowest BCUT2D eigenvalue weighted by molar-refractivity contribution is -0.117. The molecule has 4 N–H and O–H groups in total. The number of fused-ring (bicyclic) bond motifs is 1. The summed E-state index contributed by atoms with van der Waals surface area (Å²) in [5.41, 5.74) is 2.01. The number of amides is 1. The summed E-state index contributed by atoms with van der Waals surface area (Å²) in [7, 11) is 0. The molecule has 0 aromatic heterocycles. The third-order valence-electron chi connectivity index (χ3n) is 5.97. The van der Waals surface area contributed by atoms with Crippen molar-refractivity contribution in [2.75, 3.05) is 6.54 Å². The van der Waals surface area contributed by atoms with E-state index in [9.17, 15) is 4.79 Å². The highest BCUT2D eigenvalue weighted by Gasteiger charge is 2.37. The van der Waals surface area contributed by atoms with Crippen molar-refractivity contribution >= 4 is 64.1 Å². The molecule has 4 atom stereocenters. The molecule has 31 heavy (non-hydrogen) atoms. The molecular formula is C22H29Cl3N4OS. The lowest BCUT2D eigenvalue weighted by atomic mass is 9.76. The maximum atomic E-state index is 12.5. The zero-order valence-electron chi connectivity index (χ0n) is 17.5. The first-order valence-corrected chi connectivity index (χ1v) is 12.2. The fourth-order valence-electron chi connectivity index (χ4n) is 4.39. The molecule has 1 aromatic carbocycles. The molecule has 170 valence electrons. The van der Waals surface area contributed by atoms with Gasteiger partial charge in [0, 0.05) is 18.2 Å². The maximum Gasteiger partial charge on any atom is 0.245 e. The van der Waals surface area contributed by atoms with Crippen LogP contribution in [-0.2, 0) is 4.79 Å². The molecule has 5 nitrogen and oxygen atoms in total. The van der Waals surface area contributed by atoms with Gasteiger partial charge >= 0.3 is 0 Å². The standard InChI is InChI=1S/C22H29Cl3N4OS/c1-14-6-2-3-7-15(14)11-12-18(30)28-20(22(23,24)25)29-21(31)27-17-10-4-8-16-9-5-13-26-19(16)17/h2-3,6-7,11-12,16-17,19-20,26H,4-5,8-10,13H2,1H3,(H,28,30)(H2,27,29,31)/b12-11+. The summed E-state index contributed by atoms with van der Waals surface area (Å²) >= 11 is 23.8. The Hall–Kier alpha value is -1.05. The molecule has 1 amide bonds. The summed E-state index contributed by atoms with van der Waals surface area (Å²) in [6.45, 7) is 3.00. The lowest BCUT2D eigenvalue weighted by Gasteiger charge is -2.43. The zero-order valence-corrected chi connectivity index (χ0v) is 20.6. The van der Waals surface area contributed by atoms with E-state index in [2.05, 4.69) is 21.3 Å². The quantitative estimate of drug-likeness (QED) is 0.210. The molecular weight excluding hydrogens is 475 g/mol. The molecule has 0 radical (unpaired) electrons. The van der Waals surface area contributed by atoms with E-state index in [0.717, 1.165) is 30.5 Å². The topological polar surface area (TPSA) is 65.2 Å². The van der Waals surface area contributed by atoms with Gasteiger partial charge in [0.2, 0.25) is 9.70 Å². The van der Waals surface area contributed by atoms with E-state index < -0.39 is 9.96 Å². The van der Waals surface area contributed by atoms with Gasteiger partial charge in [0.1, 0.15) is 6.17 Å². The molecule has 2 fully saturated rings. The predicted molar refractivity (Wildman–Crippen MR) is 133 cm³/mol. The number of benzene rings is 1. The Kier molecular flexibility index (Phi) is 8.88. The van der Waals surface area contributed by atoms with Crippen LogP contribution in [0.3, 0.4) is 0 Å². The second-order valence-electron chi connectivity index (χ2n) is 8.21. The van der Waals surface area contributed by atoms with Gasteiger partial charge in [-0.3, -0.25) is 4.79 Å². The fraction of sp³-hybridized carbons (Fsp3) is 0.545. The van der Waals surface area contributed by atoms with Gasteiger partial charge in [0.25, 0.3) is 0 Å². The number of rotatable bonds is 5. The van der Waals surface area contributed by atoms with Crippen LogP contribution in [0.4, 0.5) is 0 Å². The third kappa shape index (κ3) is 7.22. The lowest BCUT2D eigenvalue weighted by Crippen LogP contribution is -2.62. The van der Waals surface area contributed by atoms with Crippen molar-refractivity contribution in [1.82, 2.24) is 21.3 Å². The van der Waals surface area contributed by atoms with Crippen LogP contribution < -0.4 is 21.3 Å². The molecule has 1 saturated carbocycles. The zero-order chi connectivity index (χ0) is 22.4. The molecule has 0 spiro atoms. The number of hydrogen-bond donors (Lipinski definition) is 4. The van der Waals surface area contributed by atoms with Gasteiger partial charge in [0.15, 0.2) is 5.11 Å². The van der Waals surface area contributed by atoms with E-state index in [-0.39, 0.29) is 11.9 Å². The molecule has 1 aliphatic heterocycles. The number of thiocarbonyl (C=S) groups is 1. The third-order valence-corrected chi connectivity index (χ3v) is 6.86. The molecule has 0 bridgehead atoms. The van der Waals surface area contributed by atoms with E-state index >= 15 is 0 Å². The predicted octanol–water partition coefficient (Wildman–Crippen LogP) is 4.21. The summed E-state index contributed by atoms with van der Waals surface area (Å²) in [5.74, 6) is 0.277. The van der Waals surface area contributed by atoms with Crippen LogP contribution in [0.1, 0.15) is 43.2 Å². The Bertz CT molecular complexity index is 812. The number of alkyl halides is 3. The van der Waals surface area contributed by atoms with Crippen molar-refractivity contribution in [3.63, 3.8) is 0 Å². The van der Waals surface area contributed by atoms with Crippen LogP contribution >= 0.6 is 47.0 Å². The Balaban J connectivity index is 1.58. The Labute approximate surface area is 204 Å². The molecule has 2 aliphatic rings. The first kappa shape index (κ1) is 24.6. The van der Waals surface area contributed by atoms with Gasteiger partial charge in [-0.05, 0) is 74.5 Å². The second kappa shape index (κ2) is 11.2. The Morgan fingerprint density at radius 3 is 2.68 bits per heavy atom. The summed E-state index contributed by atoms with van der Waals surface area (Å²) in [6.07, 6.45) is 8.07. The van der Waals surface area contributed by atoms with E-state index in [1.165, 1.54) is 25.3 Å². The van der Waals surface area contributed by atoms with Gasteiger partial charge in [-0.2, -0.15) is 0 Å². The molecule has 3 rings (SSSR count). The number of halogens is 3. The van der Waals surface area contributed by atoms with Crippen molar-refractivity contribution in [1.29, 1.82) is 0 Å². The molecule has 1 saturated heterocycles. The van der Waals surface area contributed by atoms with Crippen LogP contribution in [0.25, 0.3) is 6.08 Å². The Morgan fingerprint density at radius 1 is 1.19 bits per heavy atom. The van der Waals surface area contributed by atoms with E-state index in [1.54, 1.807) is 6.08 Å². The van der Waals surface area contributed by atoms with Crippen molar-refractivity contribution in [2.45, 2.75) is 61.1 Å². The maximum absolute atomic E-state index is 12.5. The van der Waals surface area contributed by atoms with Gasteiger partial charge in [-0.15, -0.1) is 0 Å². The number of carbonyl (C=O) groups excluding carboxylic acids is 1. The highest BCUT2D eigenvalue weighted by atomic mass is 35.6. The van der Waals surface area contributed by atoms with Crippen molar-refractivity contribution in [3.05, 3.63) is 41.5 Å². The van der Waals surface area contributed by atoms with Crippen LogP contribution in [0, 0.1) is 12.8 Å². The summed E-state index contributed by atoms with van der Waals surface area (Å²) in [6, 6.07) is 8.37. The minimum atomic E-state index is -1.78. The monoisotopic (exact) mass is 502 g/mol. The number of hydrogen-bond acceptors (Lipinski definition) is 3. The van der Waals surface area contributed by atoms with Crippen molar-refractivity contribution < 1.29 is 4.79 Å². The molecule has 4 unspecified atom stereocenters. The molecule has 9 heteroatoms. The minimum Gasteiger partial charge on any atom is -0.358 e. The van der Waals surface area contributed by atoms with Crippen LogP contribution in [0.2, 0.25) is 0 Å². The summed E-state index contributed by atoms with van der Waals surface area (Å²) in [4.78, 5) is 12.5. The Morgan fingerprint density at radius 2 is 1.94 bits per heavy atom. The highest BCUT2D eigenvalue weighted by Crippen LogP contribution is 2.31. The normalized spacial score (nSPS) is 24.8. The van der Waals surface area contributed by atoms with E-state index in [1.807, 2.05) is 31.2 Å². The molecule has 1 aliphatic carbocycles. The second-order valence-corrected chi connectivity index (χ2v) is 11.0. The van der Waals surface area contributed by atoms with E-state index in [4.69, 9.17) is 47.0 Å². The van der Waals surface area contributed by atoms with Gasteiger partial charge < -0.3 is 21.3 Å². The smallest absolute Gasteiger partial charge is 0.245 e. The van der Waals surface area contributed by atoms with Gasteiger partial charge in [-0.1, -0.05) is 65.5 Å². The molecule has 1 heterocycles. The van der Waals surface area contributed by atoms with Crippen molar-refractivity contribution in [2.24, 2.45) is 5.92 Å². The largest absolute Gasteiger partial charge is 0.358 e. The number of nitrogens with one attached hydrogen (secondary N) is 4. The SMILES string of the molecule is Cc1ccccc1/C=C/C(=O)NC(NC(=S)NC1CCCC2CCCNC21)C(Cl)(Cl)Cl. The van der Waals surface area contributed by atoms with Crippen LogP contribution in [-0.4, -0.2) is 39.6 Å². The number of aryl methyl sites for hydroxylation is 1. The summed E-state index contributed by atoms with van der Waals surface area (Å²) in [5, 5.41) is 13.0. The van der Waals surface area contributed by atoms with E-state index in [0.29, 0.717) is 17.1 Å². The highest BCUT2D eigenvalue weighted by molar-refractivity contribution is 7.80. The first-order valence-electron chi connectivity index (χ1n) is 10.7. The summed E-state index contributed by atoms with van der Waals surface area (Å²) < 4.78 is -1.78.